The van der Waals surface area contributed by atoms with Crippen molar-refractivity contribution in [2.45, 2.75) is 25.8 Å². The minimum Gasteiger partial charge on any atom is -0.356 e. The van der Waals surface area contributed by atoms with E-state index in [-0.39, 0.29) is 29.9 Å². The van der Waals surface area contributed by atoms with Crippen molar-refractivity contribution in [3.05, 3.63) is 50.6 Å². The molecule has 1 aliphatic heterocycles. The Hall–Kier alpha value is -1.13. The Balaban J connectivity index is 0.00000261. The van der Waals surface area contributed by atoms with Crippen LogP contribution in [-0.2, 0) is 17.8 Å². The maximum absolute atomic E-state index is 11.8. The summed E-state index contributed by atoms with van der Waals surface area (Å²) in [6.45, 7) is 2.36. The summed E-state index contributed by atoms with van der Waals surface area (Å²) in [4.78, 5) is 19.3. The lowest BCUT2D eigenvalue weighted by molar-refractivity contribution is -0.117. The lowest BCUT2D eigenvalue weighted by Gasteiger charge is -2.16. The van der Waals surface area contributed by atoms with E-state index in [4.69, 9.17) is 0 Å². The van der Waals surface area contributed by atoms with Crippen molar-refractivity contribution in [1.82, 2.24) is 10.6 Å². The molecule has 1 amide bonds. The third-order valence-corrected chi connectivity index (χ3v) is 5.98. The Labute approximate surface area is 189 Å². The van der Waals surface area contributed by atoms with Crippen LogP contribution in [0.3, 0.4) is 0 Å². The molecule has 8 heteroatoms. The van der Waals surface area contributed by atoms with Crippen LogP contribution in [0.2, 0.25) is 0 Å². The number of rotatable bonds is 6. The molecule has 2 N–H and O–H groups in total. The van der Waals surface area contributed by atoms with Crippen LogP contribution in [-0.4, -0.2) is 32.0 Å². The molecule has 2 heterocycles. The molecule has 0 bridgehead atoms. The van der Waals surface area contributed by atoms with Gasteiger partial charge in [0.15, 0.2) is 5.96 Å². The summed E-state index contributed by atoms with van der Waals surface area (Å²) in [7, 11) is 1.78. The molecule has 27 heavy (non-hydrogen) atoms. The number of aliphatic imine (C=N–C) groups is 1. The van der Waals surface area contributed by atoms with Gasteiger partial charge in [-0.05, 0) is 58.6 Å². The largest absolute Gasteiger partial charge is 0.356 e. The Morgan fingerprint density at radius 1 is 1.22 bits per heavy atom. The Bertz CT molecular complexity index is 778. The van der Waals surface area contributed by atoms with Gasteiger partial charge in [0.05, 0.1) is 3.79 Å². The molecular formula is C19H24BrIN4OS. The van der Waals surface area contributed by atoms with Crippen LogP contribution in [0.15, 0.2) is 45.2 Å². The standard InChI is InChI=1S/C19H23BrN4OS.HI/c1-21-19(22-11-10-16-8-9-17(20)26-16)23-13-14-4-6-15(7-5-14)24-12-2-3-18(24)25;/h4-9H,2-3,10-13H2,1H3,(H2,21,22,23);1H. The normalized spacial score (nSPS) is 14.2. The maximum Gasteiger partial charge on any atom is 0.227 e. The summed E-state index contributed by atoms with van der Waals surface area (Å²) in [6, 6.07) is 12.4. The van der Waals surface area contributed by atoms with E-state index in [1.54, 1.807) is 18.4 Å². The highest BCUT2D eigenvalue weighted by Crippen LogP contribution is 2.22. The molecule has 1 saturated heterocycles. The number of guanidine groups is 1. The molecule has 0 saturated carbocycles. The second-order valence-electron chi connectivity index (χ2n) is 6.12. The number of hydrogen-bond donors (Lipinski definition) is 2. The number of amides is 1. The molecule has 1 fully saturated rings. The van der Waals surface area contributed by atoms with Crippen molar-refractivity contribution in [3.63, 3.8) is 0 Å². The lowest BCUT2D eigenvalue weighted by atomic mass is 10.2. The quantitative estimate of drug-likeness (QED) is 0.316. The zero-order valence-electron chi connectivity index (χ0n) is 15.2. The number of anilines is 1. The monoisotopic (exact) mass is 562 g/mol. The van der Waals surface area contributed by atoms with Gasteiger partial charge in [-0.1, -0.05) is 12.1 Å². The van der Waals surface area contributed by atoms with Gasteiger partial charge in [-0.15, -0.1) is 35.3 Å². The summed E-state index contributed by atoms with van der Waals surface area (Å²) in [5, 5.41) is 6.66. The highest BCUT2D eigenvalue weighted by atomic mass is 127. The van der Waals surface area contributed by atoms with Crippen molar-refractivity contribution < 1.29 is 4.79 Å². The number of carbonyl (C=O) groups excluding carboxylic acids is 1. The van der Waals surface area contributed by atoms with Gasteiger partial charge in [0.2, 0.25) is 5.91 Å². The number of carbonyl (C=O) groups is 1. The number of benzene rings is 1. The van der Waals surface area contributed by atoms with Gasteiger partial charge >= 0.3 is 0 Å². The number of nitrogens with zero attached hydrogens (tertiary/aromatic N) is 2. The highest BCUT2D eigenvalue weighted by molar-refractivity contribution is 14.0. The predicted octanol–water partition coefficient (Wildman–Crippen LogP) is 4.16. The molecule has 146 valence electrons. The zero-order chi connectivity index (χ0) is 18.4. The minimum absolute atomic E-state index is 0. The molecular weight excluding hydrogens is 539 g/mol. The van der Waals surface area contributed by atoms with Crippen LogP contribution in [0.25, 0.3) is 0 Å². The summed E-state index contributed by atoms with van der Waals surface area (Å²) in [6.07, 6.45) is 2.58. The van der Waals surface area contributed by atoms with Gasteiger partial charge in [-0.25, -0.2) is 0 Å². The van der Waals surface area contributed by atoms with Gasteiger partial charge in [-0.2, -0.15) is 0 Å². The topological polar surface area (TPSA) is 56.7 Å². The molecule has 1 aromatic carbocycles. The summed E-state index contributed by atoms with van der Waals surface area (Å²) in [5.41, 5.74) is 2.14. The molecule has 3 rings (SSSR count). The number of thiophene rings is 1. The van der Waals surface area contributed by atoms with Gasteiger partial charge in [0.25, 0.3) is 0 Å². The number of halogens is 2. The first-order chi connectivity index (χ1) is 12.7. The second kappa shape index (κ2) is 11.0. The van der Waals surface area contributed by atoms with E-state index in [1.165, 1.54) is 4.88 Å². The summed E-state index contributed by atoms with van der Waals surface area (Å²) >= 11 is 5.25. The van der Waals surface area contributed by atoms with E-state index in [2.05, 4.69) is 55.8 Å². The Morgan fingerprint density at radius 2 is 2.00 bits per heavy atom. The second-order valence-corrected chi connectivity index (χ2v) is 8.67. The highest BCUT2D eigenvalue weighted by Gasteiger charge is 2.21. The first-order valence-electron chi connectivity index (χ1n) is 8.74. The molecule has 2 aromatic rings. The van der Waals surface area contributed by atoms with E-state index < -0.39 is 0 Å². The van der Waals surface area contributed by atoms with E-state index >= 15 is 0 Å². The van der Waals surface area contributed by atoms with Crippen molar-refractivity contribution in [2.75, 3.05) is 25.0 Å². The fourth-order valence-electron chi connectivity index (χ4n) is 2.91. The van der Waals surface area contributed by atoms with E-state index in [0.29, 0.717) is 13.0 Å². The van der Waals surface area contributed by atoms with E-state index in [9.17, 15) is 4.79 Å². The maximum atomic E-state index is 11.8. The van der Waals surface area contributed by atoms with Gasteiger partial charge in [-0.3, -0.25) is 9.79 Å². The molecule has 5 nitrogen and oxygen atoms in total. The molecule has 0 atom stereocenters. The molecule has 0 radical (unpaired) electrons. The van der Waals surface area contributed by atoms with E-state index in [1.807, 2.05) is 17.0 Å². The average Bonchev–Trinajstić information content (AvgIpc) is 3.26. The van der Waals surface area contributed by atoms with Crippen LogP contribution < -0.4 is 15.5 Å². The van der Waals surface area contributed by atoms with Crippen LogP contribution >= 0.6 is 51.2 Å². The third kappa shape index (κ3) is 6.46. The van der Waals surface area contributed by atoms with Gasteiger partial charge in [0.1, 0.15) is 0 Å². The van der Waals surface area contributed by atoms with Gasteiger partial charge in [0, 0.05) is 43.7 Å². The van der Waals surface area contributed by atoms with Crippen molar-refractivity contribution >= 4 is 68.8 Å². The number of hydrogen-bond acceptors (Lipinski definition) is 3. The van der Waals surface area contributed by atoms with Crippen molar-refractivity contribution in [1.29, 1.82) is 0 Å². The van der Waals surface area contributed by atoms with Crippen molar-refractivity contribution in [2.24, 2.45) is 4.99 Å². The Kier molecular flexibility index (Phi) is 9.04. The molecule has 0 spiro atoms. The van der Waals surface area contributed by atoms with Crippen molar-refractivity contribution in [3.8, 4) is 0 Å². The third-order valence-electron chi connectivity index (χ3n) is 4.30. The Morgan fingerprint density at radius 3 is 2.59 bits per heavy atom. The van der Waals surface area contributed by atoms with Crippen LogP contribution in [0, 0.1) is 0 Å². The fraction of sp³-hybridized carbons (Fsp3) is 0.368. The summed E-state index contributed by atoms with van der Waals surface area (Å²) < 4.78 is 1.16. The first-order valence-corrected chi connectivity index (χ1v) is 10.3. The summed E-state index contributed by atoms with van der Waals surface area (Å²) in [5.74, 6) is 1.01. The average molecular weight is 563 g/mol. The minimum atomic E-state index is 0. The fourth-order valence-corrected chi connectivity index (χ4v) is 4.39. The molecule has 1 aliphatic rings. The lowest BCUT2D eigenvalue weighted by Crippen LogP contribution is -2.37. The van der Waals surface area contributed by atoms with Crippen LogP contribution in [0.5, 0.6) is 0 Å². The molecule has 1 aromatic heterocycles. The van der Waals surface area contributed by atoms with Crippen LogP contribution in [0.4, 0.5) is 5.69 Å². The zero-order valence-corrected chi connectivity index (χ0v) is 19.9. The predicted molar refractivity (Wildman–Crippen MR) is 127 cm³/mol. The van der Waals surface area contributed by atoms with Gasteiger partial charge < -0.3 is 15.5 Å². The SMILES string of the molecule is CN=C(NCCc1ccc(Br)s1)NCc1ccc(N2CCCC2=O)cc1.I. The first kappa shape index (κ1) is 22.2. The van der Waals surface area contributed by atoms with E-state index in [0.717, 1.165) is 46.9 Å². The smallest absolute Gasteiger partial charge is 0.227 e. The molecule has 0 unspecified atom stereocenters. The number of nitrogens with one attached hydrogen (secondary N) is 2. The van der Waals surface area contributed by atoms with Crippen LogP contribution in [0.1, 0.15) is 23.3 Å². The molecule has 0 aliphatic carbocycles.